The van der Waals surface area contributed by atoms with Gasteiger partial charge >= 0.3 is 0 Å². The maximum absolute atomic E-state index is 13.4. The van der Waals surface area contributed by atoms with E-state index >= 15 is 0 Å². The summed E-state index contributed by atoms with van der Waals surface area (Å²) in [5.41, 5.74) is 4.24. The number of carbonyl (C=O) groups excluding carboxylic acids is 1. The number of nitrogens with zero attached hydrogens (tertiary/aromatic N) is 3. The number of rotatable bonds is 3. The monoisotopic (exact) mass is 321 g/mol. The fourth-order valence-corrected chi connectivity index (χ4v) is 3.21. The molecule has 1 atom stereocenters. The molecule has 2 aromatic heterocycles. The van der Waals surface area contributed by atoms with Crippen LogP contribution in [-0.4, -0.2) is 20.8 Å². The van der Waals surface area contributed by atoms with Crippen LogP contribution in [0.3, 0.4) is 0 Å². The zero-order chi connectivity index (χ0) is 16.5. The summed E-state index contributed by atoms with van der Waals surface area (Å²) in [4.78, 5) is 20.3. The van der Waals surface area contributed by atoms with Crippen LogP contribution >= 0.6 is 0 Å². The summed E-state index contributed by atoms with van der Waals surface area (Å²) in [6, 6.07) is 10.2. The highest BCUT2D eigenvalue weighted by atomic mass is 19.1. The molecule has 0 saturated heterocycles. The van der Waals surface area contributed by atoms with Gasteiger partial charge in [-0.15, -0.1) is 0 Å². The van der Waals surface area contributed by atoms with Crippen molar-refractivity contribution in [2.75, 3.05) is 0 Å². The number of pyridine rings is 1. The van der Waals surface area contributed by atoms with Gasteiger partial charge < -0.3 is 9.36 Å². The van der Waals surface area contributed by atoms with Crippen molar-refractivity contribution in [1.29, 1.82) is 0 Å². The Bertz CT molecular complexity index is 903. The van der Waals surface area contributed by atoms with E-state index in [1.807, 2.05) is 24.4 Å². The van der Waals surface area contributed by atoms with Gasteiger partial charge in [0.25, 0.3) is 0 Å². The third kappa shape index (κ3) is 2.62. The van der Waals surface area contributed by atoms with E-state index in [1.54, 1.807) is 17.0 Å². The number of halogens is 1. The van der Waals surface area contributed by atoms with Crippen LogP contribution in [0.15, 0.2) is 48.9 Å². The average Bonchev–Trinajstić information content (AvgIpc) is 3.11. The van der Waals surface area contributed by atoms with E-state index in [4.69, 9.17) is 4.98 Å². The summed E-state index contributed by atoms with van der Waals surface area (Å²) in [5.74, 6) is -0.324. The van der Waals surface area contributed by atoms with Gasteiger partial charge in [0.05, 0.1) is 12.0 Å². The number of benzene rings is 1. The van der Waals surface area contributed by atoms with E-state index in [-0.39, 0.29) is 11.7 Å². The summed E-state index contributed by atoms with van der Waals surface area (Å²) in [6.07, 6.45) is 7.26. The Balaban J connectivity index is 1.69. The second-order valence-electron chi connectivity index (χ2n) is 6.01. The molecule has 1 aromatic carbocycles. The van der Waals surface area contributed by atoms with Crippen molar-refractivity contribution in [3.8, 4) is 17.1 Å². The normalized spacial score (nSPS) is 16.6. The van der Waals surface area contributed by atoms with Crippen LogP contribution in [0.2, 0.25) is 0 Å². The predicted octanol–water partition coefficient (Wildman–Crippen LogP) is 3.69. The molecule has 0 radical (unpaired) electrons. The molecule has 4 nitrogen and oxygen atoms in total. The van der Waals surface area contributed by atoms with Gasteiger partial charge in [0.15, 0.2) is 0 Å². The smallest absolute Gasteiger partial charge is 0.127 e. The molecule has 5 heteroatoms. The predicted molar refractivity (Wildman–Crippen MR) is 88.5 cm³/mol. The zero-order valence-corrected chi connectivity index (χ0v) is 13.0. The standard InChI is InChI=1S/C19H16FN3O/c20-14-4-2-5-15(9-14)23-10-19(21-12-23)18-8-7-16-13(11-24)3-1-6-17(16)22-18/h2,4-5,7-13H,1,3,6H2. The van der Waals surface area contributed by atoms with Crippen LogP contribution in [0.5, 0.6) is 0 Å². The highest BCUT2D eigenvalue weighted by Crippen LogP contribution is 2.30. The quantitative estimate of drug-likeness (QED) is 0.691. The molecule has 0 aliphatic heterocycles. The fourth-order valence-electron chi connectivity index (χ4n) is 3.21. The van der Waals surface area contributed by atoms with Gasteiger partial charge in [0.1, 0.15) is 17.8 Å². The highest BCUT2D eigenvalue weighted by Gasteiger charge is 2.21. The van der Waals surface area contributed by atoms with Gasteiger partial charge in [0, 0.05) is 23.5 Å². The molecule has 0 bridgehead atoms. The summed E-state index contributed by atoms with van der Waals surface area (Å²) >= 11 is 0. The van der Waals surface area contributed by atoms with Crippen LogP contribution in [0.4, 0.5) is 4.39 Å². The van der Waals surface area contributed by atoms with Crippen molar-refractivity contribution < 1.29 is 9.18 Å². The van der Waals surface area contributed by atoms with Crippen LogP contribution in [-0.2, 0) is 11.2 Å². The first-order chi connectivity index (χ1) is 11.7. The molecule has 1 aliphatic carbocycles. The molecule has 0 saturated carbocycles. The number of hydrogen-bond donors (Lipinski definition) is 0. The first-order valence-electron chi connectivity index (χ1n) is 8.00. The molecule has 4 rings (SSSR count). The van der Waals surface area contributed by atoms with Crippen molar-refractivity contribution in [2.24, 2.45) is 0 Å². The van der Waals surface area contributed by atoms with Crippen molar-refractivity contribution >= 4 is 6.29 Å². The fraction of sp³-hybridized carbons (Fsp3) is 0.211. The minimum atomic E-state index is -0.283. The molecular formula is C19H16FN3O. The second-order valence-corrected chi connectivity index (χ2v) is 6.01. The van der Waals surface area contributed by atoms with E-state index in [1.165, 1.54) is 12.1 Å². The third-order valence-electron chi connectivity index (χ3n) is 4.45. The average molecular weight is 321 g/mol. The number of aryl methyl sites for hydroxylation is 1. The van der Waals surface area contributed by atoms with Gasteiger partial charge in [-0.1, -0.05) is 12.1 Å². The van der Waals surface area contributed by atoms with Crippen molar-refractivity contribution in [2.45, 2.75) is 25.2 Å². The van der Waals surface area contributed by atoms with Gasteiger partial charge in [-0.05, 0) is 49.1 Å². The van der Waals surface area contributed by atoms with Gasteiger partial charge in [-0.2, -0.15) is 0 Å². The highest BCUT2D eigenvalue weighted by molar-refractivity contribution is 5.65. The number of aldehydes is 1. The largest absolute Gasteiger partial charge is 0.305 e. The molecule has 3 aromatic rings. The topological polar surface area (TPSA) is 47.8 Å². The Labute approximate surface area is 139 Å². The maximum atomic E-state index is 13.4. The van der Waals surface area contributed by atoms with E-state index < -0.39 is 0 Å². The van der Waals surface area contributed by atoms with Crippen molar-refractivity contribution in [3.63, 3.8) is 0 Å². The van der Waals surface area contributed by atoms with Crippen LogP contribution < -0.4 is 0 Å². The van der Waals surface area contributed by atoms with Crippen LogP contribution in [0.1, 0.15) is 30.0 Å². The molecular weight excluding hydrogens is 305 g/mol. The minimum absolute atomic E-state index is 0.0415. The summed E-state index contributed by atoms with van der Waals surface area (Å²) in [7, 11) is 0. The molecule has 1 aliphatic rings. The molecule has 0 spiro atoms. The third-order valence-corrected chi connectivity index (χ3v) is 4.45. The Morgan fingerprint density at radius 1 is 1.21 bits per heavy atom. The summed E-state index contributed by atoms with van der Waals surface area (Å²) in [6.45, 7) is 0. The van der Waals surface area contributed by atoms with E-state index in [2.05, 4.69) is 4.98 Å². The summed E-state index contributed by atoms with van der Waals surface area (Å²) < 4.78 is 15.1. The van der Waals surface area contributed by atoms with Crippen molar-refractivity contribution in [3.05, 3.63) is 66.0 Å². The Kier molecular flexibility index (Phi) is 3.69. The van der Waals surface area contributed by atoms with E-state index in [0.29, 0.717) is 5.69 Å². The van der Waals surface area contributed by atoms with Crippen LogP contribution in [0.25, 0.3) is 17.1 Å². The zero-order valence-electron chi connectivity index (χ0n) is 13.0. The lowest BCUT2D eigenvalue weighted by atomic mass is 9.86. The van der Waals surface area contributed by atoms with E-state index in [0.717, 1.165) is 48.2 Å². The SMILES string of the molecule is O=CC1CCCc2nc(-c3cn(-c4cccc(F)c4)cn3)ccc21. The molecule has 24 heavy (non-hydrogen) atoms. The molecule has 120 valence electrons. The lowest BCUT2D eigenvalue weighted by molar-refractivity contribution is -0.109. The second kappa shape index (κ2) is 6.00. The number of imidazole rings is 1. The van der Waals surface area contributed by atoms with E-state index in [9.17, 15) is 9.18 Å². The van der Waals surface area contributed by atoms with Gasteiger partial charge in [-0.3, -0.25) is 4.98 Å². The van der Waals surface area contributed by atoms with Gasteiger partial charge in [-0.25, -0.2) is 9.37 Å². The minimum Gasteiger partial charge on any atom is -0.305 e. The molecule has 0 N–H and O–H groups in total. The van der Waals surface area contributed by atoms with Crippen LogP contribution in [0, 0.1) is 5.82 Å². The lowest BCUT2D eigenvalue weighted by Crippen LogP contribution is -2.12. The number of hydrogen-bond acceptors (Lipinski definition) is 3. The number of fused-ring (bicyclic) bond motifs is 1. The Hall–Kier alpha value is -2.82. The first kappa shape index (κ1) is 14.8. The lowest BCUT2D eigenvalue weighted by Gasteiger charge is -2.20. The molecule has 1 unspecified atom stereocenters. The number of aromatic nitrogens is 3. The molecule has 2 heterocycles. The molecule has 0 amide bonds. The molecule has 0 fully saturated rings. The van der Waals surface area contributed by atoms with Gasteiger partial charge in [0.2, 0.25) is 0 Å². The Morgan fingerprint density at radius 2 is 2.12 bits per heavy atom. The van der Waals surface area contributed by atoms with Crippen molar-refractivity contribution in [1.82, 2.24) is 14.5 Å². The Morgan fingerprint density at radius 3 is 2.96 bits per heavy atom. The maximum Gasteiger partial charge on any atom is 0.127 e. The number of carbonyl (C=O) groups is 1. The summed E-state index contributed by atoms with van der Waals surface area (Å²) in [5, 5.41) is 0. The first-order valence-corrected chi connectivity index (χ1v) is 8.00.